The summed E-state index contributed by atoms with van der Waals surface area (Å²) < 4.78 is 34.4. The van der Waals surface area contributed by atoms with E-state index in [4.69, 9.17) is 47.9 Å². The van der Waals surface area contributed by atoms with E-state index in [0.717, 1.165) is 6.07 Å². The van der Waals surface area contributed by atoms with Crippen molar-refractivity contribution in [3.05, 3.63) is 74.0 Å². The van der Waals surface area contributed by atoms with Gasteiger partial charge < -0.3 is 29.8 Å². The monoisotopic (exact) mass is 514 g/mol. The van der Waals surface area contributed by atoms with Crippen molar-refractivity contribution in [2.24, 2.45) is 0 Å². The second kappa shape index (κ2) is 12.0. The second-order valence-corrected chi connectivity index (χ2v) is 7.28. The number of phenolic OH excluding ortho intramolecular Hbond substituents is 1. The van der Waals surface area contributed by atoms with Gasteiger partial charge >= 0.3 is 0 Å². The lowest BCUT2D eigenvalue weighted by atomic mass is 10.2. The zero-order valence-electron chi connectivity index (χ0n) is 18.3. The first-order chi connectivity index (χ1) is 16.1. The van der Waals surface area contributed by atoms with E-state index < -0.39 is 10.7 Å². The molecular weight excluding hydrogens is 494 g/mol. The molecule has 9 nitrogen and oxygen atoms in total. The van der Waals surface area contributed by atoms with Gasteiger partial charge in [-0.2, -0.15) is 0 Å². The number of nitro groups is 1. The number of benzene rings is 3. The Morgan fingerprint density at radius 1 is 0.971 bits per heavy atom. The number of hydrogen-bond acceptors (Lipinski definition) is 8. The van der Waals surface area contributed by atoms with Crippen LogP contribution in [0.25, 0.3) is 0 Å². The van der Waals surface area contributed by atoms with E-state index >= 15 is 0 Å². The molecule has 182 valence electrons. The molecule has 3 aromatic rings. The molecule has 0 spiro atoms. The third-order valence-corrected chi connectivity index (χ3v) is 5.03. The molecule has 3 aromatic carbocycles. The van der Waals surface area contributed by atoms with Crippen LogP contribution >= 0.6 is 23.2 Å². The molecule has 0 saturated carbocycles. The molecule has 12 heteroatoms. The molecule has 0 saturated heterocycles. The lowest BCUT2D eigenvalue weighted by Crippen LogP contribution is -2.03. The van der Waals surface area contributed by atoms with Gasteiger partial charge in [0.1, 0.15) is 23.2 Å². The minimum Gasteiger partial charge on any atom is -0.504 e. The van der Waals surface area contributed by atoms with Crippen LogP contribution in [0.5, 0.6) is 28.7 Å². The number of rotatable bonds is 7. The lowest BCUT2D eigenvalue weighted by molar-refractivity contribution is -0.384. The van der Waals surface area contributed by atoms with Crippen LogP contribution in [0.3, 0.4) is 0 Å². The predicted molar refractivity (Wildman–Crippen MR) is 126 cm³/mol. The van der Waals surface area contributed by atoms with Crippen LogP contribution in [0.2, 0.25) is 10.0 Å². The van der Waals surface area contributed by atoms with E-state index in [-0.39, 0.29) is 28.8 Å². The maximum Gasteiger partial charge on any atom is 0.291 e. The fourth-order valence-corrected chi connectivity index (χ4v) is 3.06. The average molecular weight is 515 g/mol. The highest BCUT2D eigenvalue weighted by atomic mass is 35.5. The Bertz CT molecular complexity index is 1180. The SMILES string of the molecule is COc1cc(Cl)c(N)cc1OCc1c(F)cccc1OC.COc1cc(Cl)c([N+](=O)[O-])cc1O. The molecule has 0 unspecified atom stereocenters. The molecule has 3 rings (SSSR count). The summed E-state index contributed by atoms with van der Waals surface area (Å²) in [7, 11) is 4.29. The van der Waals surface area contributed by atoms with Crippen molar-refractivity contribution >= 4 is 34.6 Å². The molecule has 0 amide bonds. The standard InChI is InChI=1S/C15H15ClFNO3.C7H6ClNO4/c1-19-13-5-3-4-11(17)9(13)8-21-15-7-12(18)10(16)6-14(15)20-2;1-13-7-2-4(8)5(9(11)12)3-6(7)10/h3-7H,8,18H2,1-2H3;2-3,10H,1H3. The minimum absolute atomic E-state index is 0.0206. The highest BCUT2D eigenvalue weighted by molar-refractivity contribution is 6.33. The van der Waals surface area contributed by atoms with Crippen LogP contribution in [0.1, 0.15) is 5.56 Å². The van der Waals surface area contributed by atoms with Crippen LogP contribution in [0.15, 0.2) is 42.5 Å². The number of nitrogens with two attached hydrogens (primary N) is 1. The number of halogens is 3. The Kier molecular flexibility index (Phi) is 9.40. The van der Waals surface area contributed by atoms with Gasteiger partial charge in [-0.15, -0.1) is 0 Å². The summed E-state index contributed by atoms with van der Waals surface area (Å²) in [5, 5.41) is 19.8. The van der Waals surface area contributed by atoms with Gasteiger partial charge in [-0.05, 0) is 12.1 Å². The van der Waals surface area contributed by atoms with E-state index in [1.807, 2.05) is 0 Å². The molecular formula is C22H21Cl2FN2O7. The van der Waals surface area contributed by atoms with Gasteiger partial charge in [-0.25, -0.2) is 4.39 Å². The highest BCUT2D eigenvalue weighted by Crippen LogP contribution is 2.37. The maximum absolute atomic E-state index is 13.8. The van der Waals surface area contributed by atoms with Gasteiger partial charge in [0.15, 0.2) is 23.0 Å². The molecule has 0 aliphatic rings. The molecule has 0 aliphatic heterocycles. The van der Waals surface area contributed by atoms with Crippen molar-refractivity contribution in [1.82, 2.24) is 0 Å². The smallest absolute Gasteiger partial charge is 0.291 e. The van der Waals surface area contributed by atoms with Crippen molar-refractivity contribution < 1.29 is 33.4 Å². The quantitative estimate of drug-likeness (QED) is 0.236. The Morgan fingerprint density at radius 3 is 2.18 bits per heavy atom. The zero-order chi connectivity index (χ0) is 25.4. The number of aromatic hydroxyl groups is 1. The van der Waals surface area contributed by atoms with Gasteiger partial charge in [0.05, 0.1) is 48.6 Å². The van der Waals surface area contributed by atoms with Crippen molar-refractivity contribution in [3.8, 4) is 28.7 Å². The van der Waals surface area contributed by atoms with Crippen LogP contribution in [-0.4, -0.2) is 31.4 Å². The van der Waals surface area contributed by atoms with Crippen molar-refractivity contribution in [3.63, 3.8) is 0 Å². The van der Waals surface area contributed by atoms with Gasteiger partial charge in [0, 0.05) is 18.2 Å². The van der Waals surface area contributed by atoms with Gasteiger partial charge in [0.25, 0.3) is 5.69 Å². The summed E-state index contributed by atoms with van der Waals surface area (Å²) in [6.45, 7) is -0.0206. The number of phenols is 1. The number of methoxy groups -OCH3 is 3. The first-order valence-corrected chi connectivity index (χ1v) is 10.2. The fraction of sp³-hybridized carbons (Fsp3) is 0.182. The van der Waals surface area contributed by atoms with Crippen LogP contribution in [-0.2, 0) is 6.61 Å². The Morgan fingerprint density at radius 2 is 1.59 bits per heavy atom. The number of nitro benzene ring substituents is 1. The molecule has 0 aromatic heterocycles. The summed E-state index contributed by atoms with van der Waals surface area (Å²) in [6, 6.07) is 9.79. The van der Waals surface area contributed by atoms with Crippen LogP contribution in [0.4, 0.5) is 15.8 Å². The van der Waals surface area contributed by atoms with Crippen molar-refractivity contribution in [1.29, 1.82) is 0 Å². The number of ether oxygens (including phenoxy) is 4. The normalized spacial score (nSPS) is 10.1. The number of nitrogen functional groups attached to an aromatic ring is 1. The van der Waals surface area contributed by atoms with E-state index in [0.29, 0.717) is 33.5 Å². The Balaban J connectivity index is 0.000000270. The zero-order valence-corrected chi connectivity index (χ0v) is 19.8. The van der Waals surface area contributed by atoms with E-state index in [1.165, 1.54) is 39.5 Å². The summed E-state index contributed by atoms with van der Waals surface area (Å²) in [6.07, 6.45) is 0. The van der Waals surface area contributed by atoms with Crippen LogP contribution in [0, 0.1) is 15.9 Å². The summed E-state index contributed by atoms with van der Waals surface area (Å²) in [5.41, 5.74) is 6.06. The molecule has 0 heterocycles. The topological polar surface area (TPSA) is 126 Å². The van der Waals surface area contributed by atoms with E-state index in [2.05, 4.69) is 0 Å². The first-order valence-electron chi connectivity index (χ1n) is 9.40. The Hall–Kier alpha value is -3.63. The van der Waals surface area contributed by atoms with Gasteiger partial charge in [0.2, 0.25) is 0 Å². The molecule has 0 bridgehead atoms. The fourth-order valence-electron chi connectivity index (χ4n) is 2.68. The third kappa shape index (κ3) is 6.46. The van der Waals surface area contributed by atoms with E-state index in [9.17, 15) is 19.6 Å². The first kappa shape index (κ1) is 26.6. The molecule has 0 atom stereocenters. The van der Waals surface area contributed by atoms with Gasteiger partial charge in [-0.3, -0.25) is 10.1 Å². The molecule has 34 heavy (non-hydrogen) atoms. The predicted octanol–water partition coefficient (Wildman–Crippen LogP) is 5.62. The summed E-state index contributed by atoms with van der Waals surface area (Å²) >= 11 is 11.5. The third-order valence-electron chi connectivity index (χ3n) is 4.40. The van der Waals surface area contributed by atoms with Crippen molar-refractivity contribution in [2.75, 3.05) is 27.1 Å². The maximum atomic E-state index is 13.8. The molecule has 0 radical (unpaired) electrons. The number of nitrogens with zero attached hydrogens (tertiary/aromatic N) is 1. The Labute approximate surface area is 204 Å². The van der Waals surface area contributed by atoms with Crippen LogP contribution < -0.4 is 24.7 Å². The van der Waals surface area contributed by atoms with E-state index in [1.54, 1.807) is 18.2 Å². The highest BCUT2D eigenvalue weighted by Gasteiger charge is 2.16. The summed E-state index contributed by atoms with van der Waals surface area (Å²) in [5.74, 6) is 0.606. The minimum atomic E-state index is -0.679. The number of hydrogen-bond donors (Lipinski definition) is 2. The number of anilines is 1. The average Bonchev–Trinajstić information content (AvgIpc) is 2.81. The van der Waals surface area contributed by atoms with Crippen molar-refractivity contribution in [2.45, 2.75) is 6.61 Å². The lowest BCUT2D eigenvalue weighted by Gasteiger charge is -2.14. The molecule has 0 aliphatic carbocycles. The molecule has 0 fully saturated rings. The van der Waals surface area contributed by atoms with Gasteiger partial charge in [-0.1, -0.05) is 29.3 Å². The second-order valence-electron chi connectivity index (χ2n) is 6.47. The largest absolute Gasteiger partial charge is 0.504 e. The summed E-state index contributed by atoms with van der Waals surface area (Å²) in [4.78, 5) is 9.66. The molecule has 3 N–H and O–H groups in total.